The van der Waals surface area contributed by atoms with E-state index in [1.807, 2.05) is 24.3 Å². The number of piperidine rings is 1. The number of halogens is 1. The second-order valence-corrected chi connectivity index (χ2v) is 7.91. The summed E-state index contributed by atoms with van der Waals surface area (Å²) >= 11 is 0. The monoisotopic (exact) mass is 434 g/mol. The summed E-state index contributed by atoms with van der Waals surface area (Å²) in [7, 11) is 1.64. The Hall–Kier alpha value is -3.52. The number of methoxy groups -OCH3 is 1. The van der Waals surface area contributed by atoms with Crippen molar-refractivity contribution in [2.24, 2.45) is 0 Å². The summed E-state index contributed by atoms with van der Waals surface area (Å²) in [6.07, 6.45) is 3.72. The smallest absolute Gasteiger partial charge is 0.231 e. The van der Waals surface area contributed by atoms with Crippen molar-refractivity contribution in [2.45, 2.75) is 25.3 Å². The zero-order valence-corrected chi connectivity index (χ0v) is 17.7. The molecule has 0 amide bonds. The number of rotatable bonds is 6. The van der Waals surface area contributed by atoms with E-state index >= 15 is 0 Å². The van der Waals surface area contributed by atoms with Crippen molar-refractivity contribution in [3.63, 3.8) is 0 Å². The lowest BCUT2D eigenvalue weighted by atomic mass is 9.98. The maximum atomic E-state index is 13.2. The fourth-order valence-electron chi connectivity index (χ4n) is 3.99. The van der Waals surface area contributed by atoms with E-state index in [1.54, 1.807) is 25.5 Å². The standard InChI is InChI=1S/C24H23FN4O3/c1-30-21-10-6-17(7-11-21)23-26-20(15-31-23)14-29-12-2-3-18(13-29)24-27-22(28-32-24)16-4-8-19(25)9-5-16/h4-11,15,18H,2-3,12-14H2,1H3. The van der Waals surface area contributed by atoms with E-state index in [2.05, 4.69) is 20.0 Å². The van der Waals surface area contributed by atoms with Crippen LogP contribution >= 0.6 is 0 Å². The third-order valence-electron chi connectivity index (χ3n) is 5.67. The van der Waals surface area contributed by atoms with Gasteiger partial charge in [-0.1, -0.05) is 5.16 Å². The second-order valence-electron chi connectivity index (χ2n) is 7.91. The molecule has 8 heteroatoms. The topological polar surface area (TPSA) is 77.4 Å². The van der Waals surface area contributed by atoms with Crippen LogP contribution in [0.25, 0.3) is 22.8 Å². The molecule has 0 bridgehead atoms. The first-order valence-electron chi connectivity index (χ1n) is 10.6. The summed E-state index contributed by atoms with van der Waals surface area (Å²) in [6, 6.07) is 13.7. The van der Waals surface area contributed by atoms with E-state index in [0.29, 0.717) is 24.2 Å². The Balaban J connectivity index is 1.24. The van der Waals surface area contributed by atoms with Crippen molar-refractivity contribution in [3.8, 4) is 28.6 Å². The first kappa shape index (κ1) is 20.4. The van der Waals surface area contributed by atoms with Crippen LogP contribution in [-0.2, 0) is 6.54 Å². The van der Waals surface area contributed by atoms with Crippen LogP contribution in [0.15, 0.2) is 63.7 Å². The molecule has 164 valence electrons. The Labute approximate surface area is 184 Å². The minimum Gasteiger partial charge on any atom is -0.497 e. The normalized spacial score (nSPS) is 16.9. The van der Waals surface area contributed by atoms with E-state index in [-0.39, 0.29) is 11.7 Å². The Morgan fingerprint density at radius 3 is 2.62 bits per heavy atom. The number of hydrogen-bond donors (Lipinski definition) is 0. The zero-order valence-electron chi connectivity index (χ0n) is 17.7. The molecule has 0 spiro atoms. The van der Waals surface area contributed by atoms with Crippen LogP contribution in [0, 0.1) is 5.82 Å². The molecular weight excluding hydrogens is 411 g/mol. The molecule has 0 radical (unpaired) electrons. The third kappa shape index (κ3) is 4.40. The Morgan fingerprint density at radius 1 is 1.06 bits per heavy atom. The highest BCUT2D eigenvalue weighted by molar-refractivity contribution is 5.55. The van der Waals surface area contributed by atoms with Gasteiger partial charge in [-0.2, -0.15) is 4.98 Å². The average molecular weight is 434 g/mol. The van der Waals surface area contributed by atoms with Gasteiger partial charge in [0.2, 0.25) is 17.6 Å². The number of likely N-dealkylation sites (tertiary alicyclic amines) is 1. The highest BCUT2D eigenvalue weighted by atomic mass is 19.1. The predicted octanol–water partition coefficient (Wildman–Crippen LogP) is 4.92. The van der Waals surface area contributed by atoms with Crippen LogP contribution in [0.1, 0.15) is 30.3 Å². The van der Waals surface area contributed by atoms with Gasteiger partial charge in [0, 0.05) is 24.2 Å². The van der Waals surface area contributed by atoms with Crippen molar-refractivity contribution in [1.29, 1.82) is 0 Å². The van der Waals surface area contributed by atoms with Crippen LogP contribution in [-0.4, -0.2) is 40.2 Å². The summed E-state index contributed by atoms with van der Waals surface area (Å²) in [6.45, 7) is 2.46. The van der Waals surface area contributed by atoms with E-state index < -0.39 is 0 Å². The maximum Gasteiger partial charge on any atom is 0.231 e. The van der Waals surface area contributed by atoms with Crippen LogP contribution in [0.2, 0.25) is 0 Å². The number of ether oxygens (including phenoxy) is 1. The van der Waals surface area contributed by atoms with Gasteiger partial charge in [0.25, 0.3) is 0 Å². The van der Waals surface area contributed by atoms with E-state index in [1.165, 1.54) is 12.1 Å². The molecule has 32 heavy (non-hydrogen) atoms. The summed E-state index contributed by atoms with van der Waals surface area (Å²) in [5.41, 5.74) is 2.53. The zero-order chi connectivity index (χ0) is 21.9. The van der Waals surface area contributed by atoms with Crippen LogP contribution in [0.3, 0.4) is 0 Å². The molecule has 1 aliphatic heterocycles. The highest BCUT2D eigenvalue weighted by Crippen LogP contribution is 2.29. The number of aromatic nitrogens is 3. The lowest BCUT2D eigenvalue weighted by molar-refractivity contribution is 0.178. The van der Waals surface area contributed by atoms with Crippen LogP contribution < -0.4 is 4.74 Å². The first-order valence-corrected chi connectivity index (χ1v) is 10.6. The van der Waals surface area contributed by atoms with Gasteiger partial charge in [-0.05, 0) is 67.9 Å². The molecule has 4 aromatic rings. The van der Waals surface area contributed by atoms with Gasteiger partial charge in [-0.25, -0.2) is 9.37 Å². The molecule has 1 unspecified atom stereocenters. The fourth-order valence-corrected chi connectivity index (χ4v) is 3.99. The molecule has 1 saturated heterocycles. The van der Waals surface area contributed by atoms with Crippen molar-refractivity contribution in [2.75, 3.05) is 20.2 Å². The Kier molecular flexibility index (Phi) is 5.68. The molecule has 0 saturated carbocycles. The van der Waals surface area contributed by atoms with Crippen LogP contribution in [0.4, 0.5) is 4.39 Å². The summed E-state index contributed by atoms with van der Waals surface area (Å²) in [4.78, 5) is 11.5. The molecule has 1 fully saturated rings. The highest BCUT2D eigenvalue weighted by Gasteiger charge is 2.27. The largest absolute Gasteiger partial charge is 0.497 e. The minimum atomic E-state index is -0.289. The molecular formula is C24H23FN4O3. The predicted molar refractivity (Wildman–Crippen MR) is 115 cm³/mol. The van der Waals surface area contributed by atoms with E-state index in [9.17, 15) is 4.39 Å². The summed E-state index contributed by atoms with van der Waals surface area (Å²) < 4.78 is 29.6. The number of benzene rings is 2. The molecule has 3 heterocycles. The van der Waals surface area contributed by atoms with Crippen molar-refractivity contribution in [1.82, 2.24) is 20.0 Å². The van der Waals surface area contributed by atoms with Gasteiger partial charge in [0.05, 0.1) is 18.7 Å². The van der Waals surface area contributed by atoms with E-state index in [4.69, 9.17) is 13.7 Å². The van der Waals surface area contributed by atoms with Crippen molar-refractivity contribution < 1.29 is 18.1 Å². The van der Waals surface area contributed by atoms with Gasteiger partial charge in [-0.15, -0.1) is 0 Å². The number of nitrogens with zero attached hydrogens (tertiary/aromatic N) is 4. The van der Waals surface area contributed by atoms with Crippen molar-refractivity contribution in [3.05, 3.63) is 72.2 Å². The second kappa shape index (κ2) is 8.92. The number of oxazole rings is 1. The molecule has 5 rings (SSSR count). The lowest BCUT2D eigenvalue weighted by Gasteiger charge is -2.30. The molecule has 0 aliphatic carbocycles. The molecule has 7 nitrogen and oxygen atoms in total. The summed E-state index contributed by atoms with van der Waals surface area (Å²) in [5.74, 6) is 2.35. The fraction of sp³-hybridized carbons (Fsp3) is 0.292. The molecule has 0 N–H and O–H groups in total. The maximum absolute atomic E-state index is 13.2. The average Bonchev–Trinajstić information content (AvgIpc) is 3.50. The van der Waals surface area contributed by atoms with Gasteiger partial charge in [0.1, 0.15) is 17.8 Å². The van der Waals surface area contributed by atoms with Gasteiger partial charge in [0.15, 0.2) is 0 Å². The number of hydrogen-bond acceptors (Lipinski definition) is 7. The van der Waals surface area contributed by atoms with Crippen molar-refractivity contribution >= 4 is 0 Å². The van der Waals surface area contributed by atoms with E-state index in [0.717, 1.165) is 48.5 Å². The SMILES string of the molecule is COc1ccc(-c2nc(CN3CCCC(c4nc(-c5ccc(F)cc5)no4)C3)co2)cc1. The van der Waals surface area contributed by atoms with Gasteiger partial charge >= 0.3 is 0 Å². The Morgan fingerprint density at radius 2 is 1.84 bits per heavy atom. The lowest BCUT2D eigenvalue weighted by Crippen LogP contribution is -2.34. The minimum absolute atomic E-state index is 0.151. The van der Waals surface area contributed by atoms with Gasteiger partial charge < -0.3 is 13.7 Å². The molecule has 2 aromatic heterocycles. The van der Waals surface area contributed by atoms with Gasteiger partial charge in [-0.3, -0.25) is 4.90 Å². The first-order chi connectivity index (χ1) is 15.7. The molecule has 2 aromatic carbocycles. The molecule has 1 atom stereocenters. The summed E-state index contributed by atoms with van der Waals surface area (Å²) in [5, 5.41) is 4.09. The quantitative estimate of drug-likeness (QED) is 0.426. The van der Waals surface area contributed by atoms with Crippen LogP contribution in [0.5, 0.6) is 5.75 Å². The Bertz CT molecular complexity index is 1170. The molecule has 1 aliphatic rings. The third-order valence-corrected chi connectivity index (χ3v) is 5.67.